The summed E-state index contributed by atoms with van der Waals surface area (Å²) >= 11 is 3.48. The molecule has 0 radical (unpaired) electrons. The first-order valence-corrected chi connectivity index (χ1v) is 6.89. The lowest BCUT2D eigenvalue weighted by Crippen LogP contribution is -2.18. The van der Waals surface area contributed by atoms with E-state index in [0.29, 0.717) is 0 Å². The van der Waals surface area contributed by atoms with E-state index in [1.165, 1.54) is 5.56 Å². The largest absolute Gasteiger partial charge is 0.354 e. The highest BCUT2D eigenvalue weighted by Crippen LogP contribution is 2.15. The van der Waals surface area contributed by atoms with E-state index >= 15 is 0 Å². The number of rotatable bonds is 5. The van der Waals surface area contributed by atoms with Crippen molar-refractivity contribution in [3.63, 3.8) is 0 Å². The van der Waals surface area contributed by atoms with Crippen molar-refractivity contribution in [1.82, 2.24) is 15.3 Å². The first-order chi connectivity index (χ1) is 9.19. The van der Waals surface area contributed by atoms with Crippen LogP contribution in [0.5, 0.6) is 0 Å². The maximum absolute atomic E-state index is 4.43. The van der Waals surface area contributed by atoms with Crippen molar-refractivity contribution < 1.29 is 0 Å². The predicted molar refractivity (Wildman–Crippen MR) is 81.0 cm³/mol. The fourth-order valence-electron chi connectivity index (χ4n) is 1.81. The van der Waals surface area contributed by atoms with Gasteiger partial charge in [-0.3, -0.25) is 4.98 Å². The zero-order chi connectivity index (χ0) is 13.7. The number of anilines is 1. The summed E-state index contributed by atoms with van der Waals surface area (Å²) in [5, 5.41) is 3.06. The van der Waals surface area contributed by atoms with Crippen LogP contribution >= 0.6 is 15.9 Å². The molecule has 0 fully saturated rings. The van der Waals surface area contributed by atoms with Gasteiger partial charge in [0.2, 0.25) is 0 Å². The standard InChI is InChI=1S/C14H17BrN4/c1-16-7-13-8-18-14(9-17-13)19(2)10-11-4-3-5-12(15)6-11/h3-6,8-9,16H,7,10H2,1-2H3. The Morgan fingerprint density at radius 2 is 2.11 bits per heavy atom. The Kier molecular flexibility index (Phi) is 4.87. The number of hydrogen-bond donors (Lipinski definition) is 1. The summed E-state index contributed by atoms with van der Waals surface area (Å²) in [5.74, 6) is 0.875. The molecule has 0 unspecified atom stereocenters. The van der Waals surface area contributed by atoms with E-state index in [2.05, 4.69) is 48.2 Å². The van der Waals surface area contributed by atoms with Crippen LogP contribution in [-0.4, -0.2) is 24.1 Å². The quantitative estimate of drug-likeness (QED) is 0.919. The van der Waals surface area contributed by atoms with Crippen molar-refractivity contribution in [1.29, 1.82) is 0 Å². The average Bonchev–Trinajstić information content (AvgIpc) is 2.40. The monoisotopic (exact) mass is 320 g/mol. The smallest absolute Gasteiger partial charge is 0.147 e. The second-order valence-electron chi connectivity index (χ2n) is 4.38. The number of benzene rings is 1. The van der Waals surface area contributed by atoms with Gasteiger partial charge < -0.3 is 10.2 Å². The van der Waals surface area contributed by atoms with Gasteiger partial charge in [-0.15, -0.1) is 0 Å². The Labute approximate surface area is 122 Å². The van der Waals surface area contributed by atoms with Gasteiger partial charge in [-0.05, 0) is 24.7 Å². The molecule has 19 heavy (non-hydrogen) atoms. The Morgan fingerprint density at radius 3 is 2.74 bits per heavy atom. The molecular formula is C14H17BrN4. The molecule has 0 bridgehead atoms. The molecule has 0 saturated carbocycles. The van der Waals surface area contributed by atoms with Crippen molar-refractivity contribution in [3.8, 4) is 0 Å². The van der Waals surface area contributed by atoms with Gasteiger partial charge in [-0.25, -0.2) is 4.98 Å². The molecule has 1 aromatic heterocycles. The summed E-state index contributed by atoms with van der Waals surface area (Å²) in [6.45, 7) is 1.54. The molecule has 2 rings (SSSR count). The molecule has 0 atom stereocenters. The van der Waals surface area contributed by atoms with Gasteiger partial charge in [0.1, 0.15) is 5.82 Å². The fraction of sp³-hybridized carbons (Fsp3) is 0.286. The van der Waals surface area contributed by atoms with Gasteiger partial charge >= 0.3 is 0 Å². The fourth-order valence-corrected chi connectivity index (χ4v) is 2.25. The molecule has 5 heteroatoms. The number of nitrogens with zero attached hydrogens (tertiary/aromatic N) is 3. The van der Waals surface area contributed by atoms with Crippen LogP contribution in [0.1, 0.15) is 11.3 Å². The summed E-state index contributed by atoms with van der Waals surface area (Å²) < 4.78 is 1.09. The van der Waals surface area contributed by atoms with Gasteiger partial charge in [0.05, 0.1) is 18.1 Å². The first kappa shape index (κ1) is 14.0. The van der Waals surface area contributed by atoms with E-state index in [0.717, 1.165) is 29.1 Å². The van der Waals surface area contributed by atoms with Crippen LogP contribution in [-0.2, 0) is 13.1 Å². The van der Waals surface area contributed by atoms with Crippen molar-refractivity contribution in [3.05, 3.63) is 52.4 Å². The van der Waals surface area contributed by atoms with E-state index in [1.54, 1.807) is 0 Å². The van der Waals surface area contributed by atoms with Crippen molar-refractivity contribution in [2.75, 3.05) is 19.0 Å². The minimum atomic E-state index is 0.739. The molecular weight excluding hydrogens is 304 g/mol. The third kappa shape index (κ3) is 4.01. The normalized spacial score (nSPS) is 10.5. The number of hydrogen-bond acceptors (Lipinski definition) is 4. The van der Waals surface area contributed by atoms with Gasteiger partial charge in [0, 0.05) is 24.6 Å². The lowest BCUT2D eigenvalue weighted by molar-refractivity contribution is 0.779. The molecule has 0 aliphatic carbocycles. The van der Waals surface area contributed by atoms with Crippen LogP contribution in [0.15, 0.2) is 41.1 Å². The van der Waals surface area contributed by atoms with Crippen LogP contribution in [0, 0.1) is 0 Å². The Morgan fingerprint density at radius 1 is 1.26 bits per heavy atom. The van der Waals surface area contributed by atoms with E-state index in [1.807, 2.05) is 38.6 Å². The molecule has 4 nitrogen and oxygen atoms in total. The van der Waals surface area contributed by atoms with Gasteiger partial charge in [0.25, 0.3) is 0 Å². The van der Waals surface area contributed by atoms with Gasteiger partial charge in [-0.2, -0.15) is 0 Å². The summed E-state index contributed by atoms with van der Waals surface area (Å²) in [5.41, 5.74) is 2.18. The van der Waals surface area contributed by atoms with Crippen LogP contribution in [0.3, 0.4) is 0 Å². The average molecular weight is 321 g/mol. The molecule has 0 aliphatic rings. The second kappa shape index (κ2) is 6.63. The zero-order valence-corrected chi connectivity index (χ0v) is 12.7. The second-order valence-corrected chi connectivity index (χ2v) is 5.30. The highest BCUT2D eigenvalue weighted by atomic mass is 79.9. The zero-order valence-electron chi connectivity index (χ0n) is 11.1. The Hall–Kier alpha value is -1.46. The van der Waals surface area contributed by atoms with Crippen LogP contribution in [0.25, 0.3) is 0 Å². The molecule has 100 valence electrons. The minimum Gasteiger partial charge on any atom is -0.354 e. The predicted octanol–water partition coefficient (Wildman–Crippen LogP) is 2.59. The minimum absolute atomic E-state index is 0.739. The summed E-state index contributed by atoms with van der Waals surface area (Å²) in [4.78, 5) is 10.9. The molecule has 0 saturated heterocycles. The van der Waals surface area contributed by atoms with Gasteiger partial charge in [-0.1, -0.05) is 28.1 Å². The van der Waals surface area contributed by atoms with E-state index in [4.69, 9.17) is 0 Å². The highest BCUT2D eigenvalue weighted by molar-refractivity contribution is 9.10. The van der Waals surface area contributed by atoms with Crippen LogP contribution in [0.4, 0.5) is 5.82 Å². The summed E-state index contributed by atoms with van der Waals surface area (Å²) in [7, 11) is 3.91. The van der Waals surface area contributed by atoms with Crippen molar-refractivity contribution in [2.45, 2.75) is 13.1 Å². The molecule has 1 N–H and O–H groups in total. The van der Waals surface area contributed by atoms with E-state index in [9.17, 15) is 0 Å². The van der Waals surface area contributed by atoms with Gasteiger partial charge in [0.15, 0.2) is 0 Å². The van der Waals surface area contributed by atoms with Crippen molar-refractivity contribution >= 4 is 21.7 Å². The van der Waals surface area contributed by atoms with Crippen LogP contribution < -0.4 is 10.2 Å². The van der Waals surface area contributed by atoms with E-state index in [-0.39, 0.29) is 0 Å². The van der Waals surface area contributed by atoms with E-state index < -0.39 is 0 Å². The third-order valence-corrected chi connectivity index (χ3v) is 3.24. The topological polar surface area (TPSA) is 41.1 Å². The number of nitrogens with one attached hydrogen (secondary N) is 1. The maximum atomic E-state index is 4.43. The molecule has 1 aromatic carbocycles. The lowest BCUT2D eigenvalue weighted by atomic mass is 10.2. The third-order valence-electron chi connectivity index (χ3n) is 2.75. The number of halogens is 1. The molecule has 0 spiro atoms. The molecule has 0 aliphatic heterocycles. The SMILES string of the molecule is CNCc1cnc(N(C)Cc2cccc(Br)c2)cn1. The summed E-state index contributed by atoms with van der Waals surface area (Å²) in [6, 6.07) is 8.27. The van der Waals surface area contributed by atoms with Crippen LogP contribution in [0.2, 0.25) is 0 Å². The summed E-state index contributed by atoms with van der Waals surface area (Å²) in [6.07, 6.45) is 3.62. The first-order valence-electron chi connectivity index (χ1n) is 6.10. The maximum Gasteiger partial charge on any atom is 0.147 e. The Bertz CT molecular complexity index is 527. The van der Waals surface area contributed by atoms with Crippen molar-refractivity contribution in [2.24, 2.45) is 0 Å². The number of aromatic nitrogens is 2. The highest BCUT2D eigenvalue weighted by Gasteiger charge is 2.04. The Balaban J connectivity index is 2.05. The lowest BCUT2D eigenvalue weighted by Gasteiger charge is -2.18. The molecule has 1 heterocycles. The molecule has 0 amide bonds. The molecule has 2 aromatic rings.